The van der Waals surface area contributed by atoms with Crippen LogP contribution in [0.3, 0.4) is 0 Å². The van der Waals surface area contributed by atoms with E-state index in [1.165, 1.54) is 0 Å². The predicted molar refractivity (Wildman–Crippen MR) is 107 cm³/mol. The van der Waals surface area contributed by atoms with Crippen LogP contribution in [0.4, 0.5) is 0 Å². The van der Waals surface area contributed by atoms with Gasteiger partial charge in [0.25, 0.3) is 0 Å². The van der Waals surface area contributed by atoms with Crippen molar-refractivity contribution < 1.29 is 14.3 Å². The van der Waals surface area contributed by atoms with Gasteiger partial charge >= 0.3 is 0 Å². The van der Waals surface area contributed by atoms with Gasteiger partial charge in [-0.25, -0.2) is 4.68 Å². The summed E-state index contributed by atoms with van der Waals surface area (Å²) in [6.07, 6.45) is 1.94. The van der Waals surface area contributed by atoms with E-state index in [9.17, 15) is 4.79 Å². The fourth-order valence-electron chi connectivity index (χ4n) is 3.70. The molecule has 8 heteroatoms. The van der Waals surface area contributed by atoms with Gasteiger partial charge in [-0.3, -0.25) is 4.79 Å². The van der Waals surface area contributed by atoms with Crippen LogP contribution in [0.15, 0.2) is 24.3 Å². The topological polar surface area (TPSA) is 56.6 Å². The Hall–Kier alpha value is -1.76. The molecule has 2 heterocycles. The van der Waals surface area contributed by atoms with E-state index in [0.717, 1.165) is 24.2 Å². The molecule has 4 rings (SSSR count). The van der Waals surface area contributed by atoms with Crippen LogP contribution in [0.2, 0.25) is 10.0 Å². The van der Waals surface area contributed by atoms with Crippen molar-refractivity contribution in [2.45, 2.75) is 19.8 Å². The molecule has 2 atom stereocenters. The van der Waals surface area contributed by atoms with Crippen molar-refractivity contribution in [3.05, 3.63) is 40.0 Å². The fraction of sp³-hybridized carbons (Fsp3) is 0.500. The summed E-state index contributed by atoms with van der Waals surface area (Å²) in [5.74, 6) is 1.08. The van der Waals surface area contributed by atoms with Crippen LogP contribution in [-0.2, 0) is 9.53 Å². The number of rotatable bonds is 5. The molecule has 1 saturated heterocycles. The maximum atomic E-state index is 12.7. The lowest BCUT2D eigenvalue weighted by Gasteiger charge is -2.39. The average Bonchev–Trinajstić information content (AvgIpc) is 3.04. The van der Waals surface area contributed by atoms with Crippen molar-refractivity contribution in [3.8, 4) is 11.6 Å². The number of amides is 1. The Kier molecular flexibility index (Phi) is 5.80. The van der Waals surface area contributed by atoms with Gasteiger partial charge in [0.05, 0.1) is 35.6 Å². The highest BCUT2D eigenvalue weighted by Gasteiger charge is 2.39. The van der Waals surface area contributed by atoms with E-state index in [4.69, 9.17) is 32.7 Å². The van der Waals surface area contributed by atoms with Crippen molar-refractivity contribution in [2.75, 3.05) is 32.9 Å². The van der Waals surface area contributed by atoms with Crippen LogP contribution >= 0.6 is 23.2 Å². The molecular weight excluding hydrogens is 401 g/mol. The van der Waals surface area contributed by atoms with Crippen LogP contribution in [0.1, 0.15) is 18.5 Å². The molecular formula is C20H23Cl2N3O3. The average molecular weight is 424 g/mol. The van der Waals surface area contributed by atoms with Crippen LogP contribution in [0.5, 0.6) is 5.88 Å². The number of aryl methyl sites for hydroxylation is 1. The zero-order valence-corrected chi connectivity index (χ0v) is 17.2. The van der Waals surface area contributed by atoms with Crippen molar-refractivity contribution in [1.29, 1.82) is 0 Å². The summed E-state index contributed by atoms with van der Waals surface area (Å²) in [7, 11) is 0. The van der Waals surface area contributed by atoms with E-state index in [2.05, 4.69) is 5.10 Å². The quantitative estimate of drug-likeness (QED) is 0.734. The third-order valence-corrected chi connectivity index (χ3v) is 6.25. The molecule has 1 aromatic heterocycles. The lowest BCUT2D eigenvalue weighted by atomic mass is 9.73. The minimum Gasteiger partial charge on any atom is -0.476 e. The van der Waals surface area contributed by atoms with Gasteiger partial charge in [-0.15, -0.1) is 5.10 Å². The summed E-state index contributed by atoms with van der Waals surface area (Å²) in [6, 6.07) is 7.27. The number of aromatic nitrogens is 2. The van der Waals surface area contributed by atoms with Crippen LogP contribution < -0.4 is 4.74 Å². The van der Waals surface area contributed by atoms with Crippen molar-refractivity contribution in [2.24, 2.45) is 11.8 Å². The Morgan fingerprint density at radius 1 is 1.21 bits per heavy atom. The molecule has 1 amide bonds. The first-order valence-electron chi connectivity index (χ1n) is 9.54. The highest BCUT2D eigenvalue weighted by Crippen LogP contribution is 2.36. The zero-order valence-electron chi connectivity index (χ0n) is 15.7. The van der Waals surface area contributed by atoms with Gasteiger partial charge in [-0.1, -0.05) is 23.2 Å². The minimum atomic E-state index is 0.0522. The smallest absolute Gasteiger partial charge is 0.233 e. The van der Waals surface area contributed by atoms with Gasteiger partial charge in [-0.2, -0.15) is 0 Å². The van der Waals surface area contributed by atoms with Gasteiger partial charge in [-0.05, 0) is 38.0 Å². The maximum absolute atomic E-state index is 12.7. The van der Waals surface area contributed by atoms with Crippen LogP contribution in [-0.4, -0.2) is 53.5 Å². The molecule has 1 aromatic carbocycles. The third-order valence-electron chi connectivity index (χ3n) is 5.52. The number of carbonyl (C=O) groups excluding carboxylic acids is 1. The summed E-state index contributed by atoms with van der Waals surface area (Å²) >= 11 is 12.1. The van der Waals surface area contributed by atoms with Gasteiger partial charge in [0.15, 0.2) is 0 Å². The van der Waals surface area contributed by atoms with Gasteiger partial charge < -0.3 is 14.4 Å². The Balaban J connectivity index is 1.37. The molecule has 0 unspecified atom stereocenters. The van der Waals surface area contributed by atoms with E-state index in [1.54, 1.807) is 16.8 Å². The van der Waals surface area contributed by atoms with Gasteiger partial charge in [0, 0.05) is 36.7 Å². The molecule has 2 fully saturated rings. The Labute approximate surface area is 174 Å². The molecule has 2 aromatic rings. The normalized spacial score (nSPS) is 22.0. The number of carbonyl (C=O) groups is 1. The van der Waals surface area contributed by atoms with E-state index in [1.807, 2.05) is 24.0 Å². The fourth-order valence-corrected chi connectivity index (χ4v) is 3.99. The first-order valence-corrected chi connectivity index (χ1v) is 10.3. The number of benzene rings is 1. The summed E-state index contributed by atoms with van der Waals surface area (Å²) in [5.41, 5.74) is 1.76. The number of halogens is 2. The summed E-state index contributed by atoms with van der Waals surface area (Å²) in [6.45, 7) is 5.09. The highest BCUT2D eigenvalue weighted by molar-refractivity contribution is 6.42. The Bertz CT molecular complexity index is 864. The first-order chi connectivity index (χ1) is 13.5. The van der Waals surface area contributed by atoms with Crippen molar-refractivity contribution >= 4 is 29.1 Å². The van der Waals surface area contributed by atoms with E-state index >= 15 is 0 Å². The second-order valence-electron chi connectivity index (χ2n) is 7.33. The Morgan fingerprint density at radius 2 is 2.00 bits per heavy atom. The van der Waals surface area contributed by atoms with Gasteiger partial charge in [0.2, 0.25) is 11.8 Å². The monoisotopic (exact) mass is 423 g/mol. The third kappa shape index (κ3) is 4.00. The summed E-state index contributed by atoms with van der Waals surface area (Å²) in [5, 5.41) is 5.51. The molecule has 1 aliphatic heterocycles. The second-order valence-corrected chi connectivity index (χ2v) is 8.14. The van der Waals surface area contributed by atoms with Crippen LogP contribution in [0.25, 0.3) is 5.69 Å². The van der Waals surface area contributed by atoms with Crippen LogP contribution in [0, 0.1) is 18.8 Å². The number of hydrogen-bond donors (Lipinski definition) is 0. The molecule has 1 saturated carbocycles. The summed E-state index contributed by atoms with van der Waals surface area (Å²) < 4.78 is 13.0. The molecule has 0 bridgehead atoms. The first kappa shape index (κ1) is 19.6. The second kappa shape index (κ2) is 8.31. The largest absolute Gasteiger partial charge is 0.476 e. The zero-order chi connectivity index (χ0) is 19.7. The molecule has 6 nitrogen and oxygen atoms in total. The van der Waals surface area contributed by atoms with E-state index in [0.29, 0.717) is 48.8 Å². The lowest BCUT2D eigenvalue weighted by molar-refractivity contribution is -0.146. The Morgan fingerprint density at radius 3 is 2.68 bits per heavy atom. The molecule has 150 valence electrons. The molecule has 0 spiro atoms. The van der Waals surface area contributed by atoms with Crippen molar-refractivity contribution in [1.82, 2.24) is 14.7 Å². The molecule has 28 heavy (non-hydrogen) atoms. The predicted octanol–water partition coefficient (Wildman–Crippen LogP) is 3.75. The van der Waals surface area contributed by atoms with E-state index < -0.39 is 0 Å². The van der Waals surface area contributed by atoms with Gasteiger partial charge in [0.1, 0.15) is 0 Å². The van der Waals surface area contributed by atoms with E-state index in [-0.39, 0.29) is 17.7 Å². The number of hydrogen-bond acceptors (Lipinski definition) is 4. The molecule has 1 aliphatic carbocycles. The SMILES string of the molecule is Cc1cc(OC[C@H]2CC[C@@H]2C(=O)N2CCOCC2)nn1-c1ccc(Cl)c(Cl)c1. The summed E-state index contributed by atoms with van der Waals surface area (Å²) in [4.78, 5) is 14.6. The number of ether oxygens (including phenoxy) is 2. The minimum absolute atomic E-state index is 0.0522. The molecule has 0 N–H and O–H groups in total. The molecule has 0 radical (unpaired) electrons. The number of morpholine rings is 1. The lowest BCUT2D eigenvalue weighted by Crippen LogP contribution is -2.49. The maximum Gasteiger partial charge on any atom is 0.233 e. The number of nitrogens with zero attached hydrogens (tertiary/aromatic N) is 3. The highest BCUT2D eigenvalue weighted by atomic mass is 35.5. The standard InChI is InChI=1S/C20H23Cl2N3O3/c1-13-10-19(23-25(13)15-3-5-17(21)18(22)11-15)28-12-14-2-4-16(14)20(26)24-6-8-27-9-7-24/h3,5,10-11,14,16H,2,4,6-9,12H2,1H3/t14-,16+/m1/s1. The van der Waals surface area contributed by atoms with Crippen molar-refractivity contribution in [3.63, 3.8) is 0 Å². The molecule has 2 aliphatic rings.